The Balaban J connectivity index is 1.45. The lowest BCUT2D eigenvalue weighted by Crippen LogP contribution is -2.44. The van der Waals surface area contributed by atoms with Crippen molar-refractivity contribution in [2.75, 3.05) is 11.9 Å². The van der Waals surface area contributed by atoms with Crippen LogP contribution < -0.4 is 4.90 Å². The normalized spacial score (nSPS) is 14.5. The number of para-hydroxylation sites is 1. The molecule has 0 atom stereocenters. The van der Waals surface area contributed by atoms with Crippen molar-refractivity contribution in [2.45, 2.75) is 10.8 Å². The van der Waals surface area contributed by atoms with Gasteiger partial charge in [0, 0.05) is 24.0 Å². The Morgan fingerprint density at radius 2 is 0.761 bits per heavy atom. The third kappa shape index (κ3) is 3.40. The van der Waals surface area contributed by atoms with Crippen molar-refractivity contribution in [1.82, 2.24) is 0 Å². The van der Waals surface area contributed by atoms with Crippen LogP contribution in [0.4, 0.5) is 11.4 Å². The van der Waals surface area contributed by atoms with Crippen LogP contribution >= 0.6 is 0 Å². The molecule has 1 nitrogen and oxygen atoms in total. The van der Waals surface area contributed by atoms with Crippen molar-refractivity contribution >= 4 is 11.4 Å². The topological polar surface area (TPSA) is 3.24 Å². The molecular weight excluding hydrogens is 555 g/mol. The van der Waals surface area contributed by atoms with Gasteiger partial charge in [0.05, 0.1) is 10.8 Å². The van der Waals surface area contributed by atoms with E-state index < -0.39 is 10.8 Å². The second-order valence-corrected chi connectivity index (χ2v) is 12.5. The van der Waals surface area contributed by atoms with Crippen LogP contribution in [0.15, 0.2) is 182 Å². The SMILES string of the molecule is CN(c1ccccc1)c1cccc2c1-c1ccccc1C21c2ccccc2C(c2ccccc2)(c2ccccc2)c2ccccc21. The molecular formula is C45H33N. The molecule has 7 aromatic rings. The standard InChI is InChI=1S/C45H33N/c1-46(34-22-9-4-10-23-34)42-31-17-30-41-43(42)35-24-11-12-25-36(35)45(41)39-28-15-13-26-37(39)44(32-18-5-2-6-19-32,33-20-7-3-8-21-33)38-27-14-16-29-40(38)45/h2-31H,1H3. The number of hydrogen-bond donors (Lipinski definition) is 0. The second kappa shape index (κ2) is 10.2. The zero-order valence-corrected chi connectivity index (χ0v) is 25.8. The maximum Gasteiger partial charge on any atom is 0.0720 e. The lowest BCUT2D eigenvalue weighted by atomic mass is 9.51. The van der Waals surface area contributed by atoms with Crippen LogP contribution in [-0.4, -0.2) is 7.05 Å². The van der Waals surface area contributed by atoms with Crippen molar-refractivity contribution < 1.29 is 0 Å². The highest BCUT2D eigenvalue weighted by Crippen LogP contribution is 2.65. The van der Waals surface area contributed by atoms with E-state index in [0.29, 0.717) is 0 Å². The van der Waals surface area contributed by atoms with Crippen LogP contribution in [0.5, 0.6) is 0 Å². The molecule has 0 bridgehead atoms. The third-order valence-corrected chi connectivity index (χ3v) is 10.4. The first-order valence-electron chi connectivity index (χ1n) is 16.1. The number of anilines is 2. The molecule has 0 amide bonds. The maximum absolute atomic E-state index is 2.39. The van der Waals surface area contributed by atoms with E-state index in [1.807, 2.05) is 0 Å². The Morgan fingerprint density at radius 1 is 0.348 bits per heavy atom. The molecule has 1 spiro atoms. The summed E-state index contributed by atoms with van der Waals surface area (Å²) in [6.07, 6.45) is 0. The molecule has 0 unspecified atom stereocenters. The van der Waals surface area contributed by atoms with Gasteiger partial charge in [0.25, 0.3) is 0 Å². The summed E-state index contributed by atoms with van der Waals surface area (Å²) >= 11 is 0. The summed E-state index contributed by atoms with van der Waals surface area (Å²) in [5.41, 5.74) is 14.6. The number of hydrogen-bond acceptors (Lipinski definition) is 1. The highest BCUT2D eigenvalue weighted by Gasteiger charge is 2.56. The highest BCUT2D eigenvalue weighted by atomic mass is 15.1. The van der Waals surface area contributed by atoms with E-state index >= 15 is 0 Å². The highest BCUT2D eigenvalue weighted by molar-refractivity contribution is 5.96. The van der Waals surface area contributed by atoms with Gasteiger partial charge in [0.15, 0.2) is 0 Å². The second-order valence-electron chi connectivity index (χ2n) is 12.5. The first-order chi connectivity index (χ1) is 22.8. The van der Waals surface area contributed by atoms with Gasteiger partial charge in [-0.05, 0) is 68.3 Å². The van der Waals surface area contributed by atoms with E-state index in [4.69, 9.17) is 0 Å². The number of benzene rings is 7. The van der Waals surface area contributed by atoms with Crippen LogP contribution in [0.25, 0.3) is 11.1 Å². The average molecular weight is 588 g/mol. The molecule has 1 heteroatoms. The summed E-state index contributed by atoms with van der Waals surface area (Å²) < 4.78 is 0. The molecule has 2 aliphatic carbocycles. The molecule has 0 saturated carbocycles. The Labute approximate surface area is 271 Å². The van der Waals surface area contributed by atoms with Gasteiger partial charge in [-0.1, -0.05) is 164 Å². The molecule has 0 fully saturated rings. The summed E-state index contributed by atoms with van der Waals surface area (Å²) in [6, 6.07) is 67.4. The van der Waals surface area contributed by atoms with E-state index in [0.717, 1.165) is 0 Å². The van der Waals surface area contributed by atoms with Crippen molar-refractivity contribution in [3.63, 3.8) is 0 Å². The van der Waals surface area contributed by atoms with Gasteiger partial charge in [-0.2, -0.15) is 0 Å². The Kier molecular flexibility index (Phi) is 5.92. The number of fused-ring (bicyclic) bond motifs is 9. The quantitative estimate of drug-likeness (QED) is 0.198. The van der Waals surface area contributed by atoms with Crippen LogP contribution in [-0.2, 0) is 10.8 Å². The van der Waals surface area contributed by atoms with E-state index in [-0.39, 0.29) is 0 Å². The fourth-order valence-electron chi connectivity index (χ4n) is 8.69. The molecule has 7 aromatic carbocycles. The first kappa shape index (κ1) is 26.7. The monoisotopic (exact) mass is 587 g/mol. The van der Waals surface area contributed by atoms with Crippen LogP contribution in [0.2, 0.25) is 0 Å². The minimum Gasteiger partial charge on any atom is -0.344 e. The Hall–Kier alpha value is -5.66. The lowest BCUT2D eigenvalue weighted by Gasteiger charge is -2.50. The zero-order chi connectivity index (χ0) is 30.7. The van der Waals surface area contributed by atoms with Gasteiger partial charge in [0.1, 0.15) is 0 Å². The molecule has 2 aliphatic rings. The lowest BCUT2D eigenvalue weighted by molar-refractivity contribution is 0.623. The average Bonchev–Trinajstić information content (AvgIpc) is 3.44. The van der Waals surface area contributed by atoms with Crippen molar-refractivity contribution in [3.8, 4) is 11.1 Å². The Morgan fingerprint density at radius 3 is 1.30 bits per heavy atom. The van der Waals surface area contributed by atoms with Crippen molar-refractivity contribution in [2.24, 2.45) is 0 Å². The third-order valence-electron chi connectivity index (χ3n) is 10.4. The fraction of sp³-hybridized carbons (Fsp3) is 0.0667. The number of rotatable bonds is 4. The molecule has 218 valence electrons. The molecule has 0 heterocycles. The summed E-state index contributed by atoms with van der Waals surface area (Å²) in [6.45, 7) is 0. The van der Waals surface area contributed by atoms with Crippen LogP contribution in [0, 0.1) is 0 Å². The van der Waals surface area contributed by atoms with Gasteiger partial charge in [0.2, 0.25) is 0 Å². The summed E-state index contributed by atoms with van der Waals surface area (Å²) in [7, 11) is 2.19. The zero-order valence-electron chi connectivity index (χ0n) is 25.8. The predicted octanol–water partition coefficient (Wildman–Crippen LogP) is 10.5. The molecule has 9 rings (SSSR count). The Bertz CT molecular complexity index is 2130. The molecule has 46 heavy (non-hydrogen) atoms. The molecule has 0 aromatic heterocycles. The van der Waals surface area contributed by atoms with Gasteiger partial charge < -0.3 is 4.90 Å². The maximum atomic E-state index is 2.39. The largest absolute Gasteiger partial charge is 0.344 e. The smallest absolute Gasteiger partial charge is 0.0720 e. The van der Waals surface area contributed by atoms with E-state index in [2.05, 4.69) is 194 Å². The minimum absolute atomic E-state index is 0.486. The minimum atomic E-state index is -0.489. The van der Waals surface area contributed by atoms with Gasteiger partial charge in [-0.25, -0.2) is 0 Å². The molecule has 0 saturated heterocycles. The summed E-state index contributed by atoms with van der Waals surface area (Å²) in [4.78, 5) is 2.34. The summed E-state index contributed by atoms with van der Waals surface area (Å²) in [5, 5.41) is 0. The first-order valence-corrected chi connectivity index (χ1v) is 16.1. The summed E-state index contributed by atoms with van der Waals surface area (Å²) in [5.74, 6) is 0. The van der Waals surface area contributed by atoms with Crippen LogP contribution in [0.3, 0.4) is 0 Å². The van der Waals surface area contributed by atoms with Gasteiger partial charge >= 0.3 is 0 Å². The van der Waals surface area contributed by atoms with Gasteiger partial charge in [-0.15, -0.1) is 0 Å². The number of nitrogens with zero attached hydrogens (tertiary/aromatic N) is 1. The molecule has 0 aliphatic heterocycles. The van der Waals surface area contributed by atoms with E-state index in [1.165, 1.54) is 67.0 Å². The molecule has 0 N–H and O–H groups in total. The fourth-order valence-corrected chi connectivity index (χ4v) is 8.69. The molecule has 0 radical (unpaired) electrons. The van der Waals surface area contributed by atoms with E-state index in [9.17, 15) is 0 Å². The van der Waals surface area contributed by atoms with Crippen LogP contribution in [0.1, 0.15) is 44.5 Å². The van der Waals surface area contributed by atoms with Crippen molar-refractivity contribution in [3.05, 3.63) is 226 Å². The van der Waals surface area contributed by atoms with Gasteiger partial charge in [-0.3, -0.25) is 0 Å². The van der Waals surface area contributed by atoms with E-state index in [1.54, 1.807) is 0 Å². The van der Waals surface area contributed by atoms with Crippen molar-refractivity contribution in [1.29, 1.82) is 0 Å². The predicted molar refractivity (Wildman–Crippen MR) is 190 cm³/mol.